The first-order chi connectivity index (χ1) is 9.51. The van der Waals surface area contributed by atoms with Crippen LogP contribution < -0.4 is 5.32 Å². The molecular formula is C17H19F2N. The predicted molar refractivity (Wildman–Crippen MR) is 77.8 cm³/mol. The minimum atomic E-state index is -0.242. The molecule has 1 unspecified atom stereocenters. The summed E-state index contributed by atoms with van der Waals surface area (Å²) in [4.78, 5) is 0. The van der Waals surface area contributed by atoms with Crippen molar-refractivity contribution in [3.05, 3.63) is 70.3 Å². The number of likely N-dealkylation sites (N-methyl/N-ethyl adjacent to an activating group) is 1. The van der Waals surface area contributed by atoms with Crippen LogP contribution in [0.4, 0.5) is 8.78 Å². The predicted octanol–water partition coefficient (Wildman–Crippen LogP) is 4.08. The van der Waals surface area contributed by atoms with Crippen LogP contribution in [0.1, 0.15) is 28.3 Å². The van der Waals surface area contributed by atoms with Crippen molar-refractivity contribution in [1.29, 1.82) is 0 Å². The molecule has 2 rings (SSSR count). The van der Waals surface area contributed by atoms with Crippen molar-refractivity contribution in [2.45, 2.75) is 26.3 Å². The molecule has 0 radical (unpaired) electrons. The molecule has 1 nitrogen and oxygen atoms in total. The first-order valence-electron chi connectivity index (χ1n) is 6.69. The number of hydrogen-bond acceptors (Lipinski definition) is 1. The lowest BCUT2D eigenvalue weighted by Crippen LogP contribution is -2.20. The molecule has 106 valence electrons. The molecule has 0 saturated carbocycles. The molecule has 0 saturated heterocycles. The summed E-state index contributed by atoms with van der Waals surface area (Å²) in [5.41, 5.74) is 3.58. The molecule has 0 aliphatic rings. The third kappa shape index (κ3) is 3.23. The lowest BCUT2D eigenvalue weighted by atomic mass is 9.95. The van der Waals surface area contributed by atoms with Crippen molar-refractivity contribution in [3.63, 3.8) is 0 Å². The van der Waals surface area contributed by atoms with Crippen LogP contribution in [0.15, 0.2) is 36.4 Å². The lowest BCUT2D eigenvalue weighted by molar-refractivity contribution is 0.532. The van der Waals surface area contributed by atoms with Crippen LogP contribution in [-0.4, -0.2) is 7.05 Å². The quantitative estimate of drug-likeness (QED) is 0.886. The van der Waals surface area contributed by atoms with Crippen molar-refractivity contribution in [2.24, 2.45) is 0 Å². The summed E-state index contributed by atoms with van der Waals surface area (Å²) in [5.74, 6) is -0.455. The van der Waals surface area contributed by atoms with Gasteiger partial charge >= 0.3 is 0 Å². The number of benzene rings is 2. The average Bonchev–Trinajstić information content (AvgIpc) is 2.41. The van der Waals surface area contributed by atoms with Gasteiger partial charge in [0, 0.05) is 11.6 Å². The largest absolute Gasteiger partial charge is 0.313 e. The Hall–Kier alpha value is -1.74. The molecule has 2 aromatic carbocycles. The van der Waals surface area contributed by atoms with E-state index in [9.17, 15) is 8.78 Å². The Morgan fingerprint density at radius 2 is 1.80 bits per heavy atom. The molecule has 20 heavy (non-hydrogen) atoms. The second kappa shape index (κ2) is 6.14. The summed E-state index contributed by atoms with van der Waals surface area (Å²) in [6.07, 6.45) is 0.628. The maximum atomic E-state index is 14.0. The van der Waals surface area contributed by atoms with Crippen molar-refractivity contribution < 1.29 is 8.78 Å². The van der Waals surface area contributed by atoms with E-state index in [1.807, 2.05) is 27.0 Å². The van der Waals surface area contributed by atoms with Gasteiger partial charge in [0.2, 0.25) is 0 Å². The van der Waals surface area contributed by atoms with Crippen LogP contribution in [0.5, 0.6) is 0 Å². The van der Waals surface area contributed by atoms with Crippen LogP contribution >= 0.6 is 0 Å². The lowest BCUT2D eigenvalue weighted by Gasteiger charge is -2.19. The maximum Gasteiger partial charge on any atom is 0.128 e. The molecule has 0 spiro atoms. The summed E-state index contributed by atoms with van der Waals surface area (Å²) >= 11 is 0. The average molecular weight is 275 g/mol. The van der Waals surface area contributed by atoms with Gasteiger partial charge in [0.25, 0.3) is 0 Å². The zero-order valence-electron chi connectivity index (χ0n) is 12.0. The van der Waals surface area contributed by atoms with E-state index < -0.39 is 0 Å². The smallest absolute Gasteiger partial charge is 0.128 e. The highest BCUT2D eigenvalue weighted by Gasteiger charge is 2.16. The Morgan fingerprint density at radius 1 is 1.05 bits per heavy atom. The third-order valence-electron chi connectivity index (χ3n) is 3.60. The Bertz CT molecular complexity index is 608. The van der Waals surface area contributed by atoms with E-state index >= 15 is 0 Å². The molecule has 0 aromatic heterocycles. The minimum Gasteiger partial charge on any atom is -0.313 e. The summed E-state index contributed by atoms with van der Waals surface area (Å²) in [6.45, 7) is 3.82. The normalized spacial score (nSPS) is 12.4. The molecular weight excluding hydrogens is 256 g/mol. The number of nitrogens with one attached hydrogen (secondary N) is 1. The number of hydrogen-bond donors (Lipinski definition) is 1. The van der Waals surface area contributed by atoms with Crippen molar-refractivity contribution in [3.8, 4) is 0 Å². The van der Waals surface area contributed by atoms with Crippen LogP contribution in [0.2, 0.25) is 0 Å². The van der Waals surface area contributed by atoms with Gasteiger partial charge in [-0.2, -0.15) is 0 Å². The molecule has 0 bridgehead atoms. The standard InChI is InChI=1S/C17H19F2N/c1-11-4-7-16(19)15(8-11)17(20-3)10-13-5-6-14(18)9-12(13)2/h4-9,17,20H,10H2,1-3H3. The third-order valence-corrected chi connectivity index (χ3v) is 3.60. The van der Waals surface area contributed by atoms with E-state index in [0.29, 0.717) is 12.0 Å². The molecule has 2 aromatic rings. The molecule has 0 aliphatic heterocycles. The second-order valence-electron chi connectivity index (χ2n) is 5.14. The van der Waals surface area contributed by atoms with Gasteiger partial charge in [-0.3, -0.25) is 0 Å². The molecule has 0 aliphatic carbocycles. The first-order valence-corrected chi connectivity index (χ1v) is 6.69. The summed E-state index contributed by atoms with van der Waals surface area (Å²) in [7, 11) is 1.81. The molecule has 0 fully saturated rings. The SMILES string of the molecule is CNC(Cc1ccc(F)cc1C)c1cc(C)ccc1F. The van der Waals surface area contributed by atoms with Gasteiger partial charge < -0.3 is 5.32 Å². The van der Waals surface area contributed by atoms with E-state index in [1.165, 1.54) is 18.2 Å². The summed E-state index contributed by atoms with van der Waals surface area (Å²) in [6, 6.07) is 9.70. The van der Waals surface area contributed by atoms with Gasteiger partial charge in [-0.25, -0.2) is 8.78 Å². The maximum absolute atomic E-state index is 14.0. The molecule has 1 N–H and O–H groups in total. The van der Waals surface area contributed by atoms with Gasteiger partial charge in [0.15, 0.2) is 0 Å². The first kappa shape index (κ1) is 14.7. The topological polar surface area (TPSA) is 12.0 Å². The van der Waals surface area contributed by atoms with Crippen LogP contribution in [0.25, 0.3) is 0 Å². The summed E-state index contributed by atoms with van der Waals surface area (Å²) in [5, 5.41) is 3.14. The van der Waals surface area contributed by atoms with Gasteiger partial charge in [0.05, 0.1) is 0 Å². The second-order valence-corrected chi connectivity index (χ2v) is 5.14. The zero-order chi connectivity index (χ0) is 14.7. The fourth-order valence-electron chi connectivity index (χ4n) is 2.41. The van der Waals surface area contributed by atoms with Crippen LogP contribution in [0.3, 0.4) is 0 Å². The van der Waals surface area contributed by atoms with Crippen molar-refractivity contribution in [2.75, 3.05) is 7.05 Å². The molecule has 0 amide bonds. The minimum absolute atomic E-state index is 0.126. The fourth-order valence-corrected chi connectivity index (χ4v) is 2.41. The number of aryl methyl sites for hydroxylation is 2. The molecule has 1 atom stereocenters. The highest BCUT2D eigenvalue weighted by molar-refractivity contribution is 5.32. The van der Waals surface area contributed by atoms with Crippen molar-refractivity contribution >= 4 is 0 Å². The fraction of sp³-hybridized carbons (Fsp3) is 0.294. The van der Waals surface area contributed by atoms with Gasteiger partial charge in [0.1, 0.15) is 11.6 Å². The van der Waals surface area contributed by atoms with Gasteiger partial charge in [-0.05, 0) is 56.6 Å². The number of rotatable bonds is 4. The Balaban J connectivity index is 2.31. The van der Waals surface area contributed by atoms with Crippen LogP contribution in [0, 0.1) is 25.5 Å². The van der Waals surface area contributed by atoms with E-state index in [2.05, 4.69) is 5.32 Å². The van der Waals surface area contributed by atoms with E-state index in [0.717, 1.165) is 16.7 Å². The van der Waals surface area contributed by atoms with Crippen molar-refractivity contribution in [1.82, 2.24) is 5.32 Å². The highest BCUT2D eigenvalue weighted by Crippen LogP contribution is 2.24. The van der Waals surface area contributed by atoms with Gasteiger partial charge in [-0.15, -0.1) is 0 Å². The Morgan fingerprint density at radius 3 is 2.45 bits per heavy atom. The highest BCUT2D eigenvalue weighted by atomic mass is 19.1. The summed E-state index contributed by atoms with van der Waals surface area (Å²) < 4.78 is 27.1. The zero-order valence-corrected chi connectivity index (χ0v) is 12.0. The van der Waals surface area contributed by atoms with Crippen LogP contribution in [-0.2, 0) is 6.42 Å². The number of halogens is 2. The Labute approximate surface area is 118 Å². The monoisotopic (exact) mass is 275 g/mol. The molecule has 3 heteroatoms. The Kier molecular flexibility index (Phi) is 4.50. The van der Waals surface area contributed by atoms with E-state index in [4.69, 9.17) is 0 Å². The van der Waals surface area contributed by atoms with Gasteiger partial charge in [-0.1, -0.05) is 23.8 Å². The van der Waals surface area contributed by atoms with E-state index in [1.54, 1.807) is 12.1 Å². The van der Waals surface area contributed by atoms with E-state index in [-0.39, 0.29) is 17.7 Å². The molecule has 0 heterocycles.